The predicted octanol–water partition coefficient (Wildman–Crippen LogP) is 6.23. The number of ketones is 3. The van der Waals surface area contributed by atoms with E-state index in [1.54, 1.807) is 27.7 Å². The maximum absolute atomic E-state index is 13.6. The van der Waals surface area contributed by atoms with Gasteiger partial charge in [0.2, 0.25) is 0 Å². The smallest absolute Gasteiger partial charge is 0.175 e. The highest BCUT2D eigenvalue weighted by atomic mass is 16.5. The van der Waals surface area contributed by atoms with Gasteiger partial charge in [0.25, 0.3) is 0 Å². The molecule has 0 amide bonds. The average Bonchev–Trinajstić information content (AvgIpc) is 2.73. The number of phenols is 2. The minimum atomic E-state index is -1.23. The lowest BCUT2D eigenvalue weighted by molar-refractivity contribution is -0.144. The Morgan fingerprint density at radius 3 is 2.26 bits per heavy atom. The molecule has 186 valence electrons. The summed E-state index contributed by atoms with van der Waals surface area (Å²) in [6.07, 6.45) is 4.40. The van der Waals surface area contributed by atoms with Gasteiger partial charge in [-0.15, -0.1) is 0 Å². The first kappa shape index (κ1) is 26.0. The van der Waals surface area contributed by atoms with Crippen molar-refractivity contribution < 1.29 is 29.3 Å². The zero-order valence-corrected chi connectivity index (χ0v) is 21.5. The number of benzene rings is 1. The first-order valence-electron chi connectivity index (χ1n) is 12.4. The van der Waals surface area contributed by atoms with Gasteiger partial charge in [0, 0.05) is 29.5 Å². The summed E-state index contributed by atoms with van der Waals surface area (Å²) in [5.41, 5.74) is -1.59. The molecule has 0 saturated carbocycles. The lowest BCUT2D eigenvalue weighted by atomic mass is 9.59. The maximum Gasteiger partial charge on any atom is 0.175 e. The quantitative estimate of drug-likeness (QED) is 0.265. The number of ether oxygens (including phenoxy) is 1. The molecule has 3 rings (SSSR count). The molecule has 1 aromatic carbocycles. The monoisotopic (exact) mass is 470 g/mol. The molecule has 1 heterocycles. The molecule has 34 heavy (non-hydrogen) atoms. The minimum absolute atomic E-state index is 0.0186. The molecule has 1 atom stereocenters. The highest BCUT2D eigenvalue weighted by molar-refractivity contribution is 6.20. The van der Waals surface area contributed by atoms with Crippen LogP contribution < -0.4 is 4.74 Å². The van der Waals surface area contributed by atoms with E-state index in [0.717, 1.165) is 19.3 Å². The molecule has 0 radical (unpaired) electrons. The van der Waals surface area contributed by atoms with Crippen molar-refractivity contribution in [2.75, 3.05) is 0 Å². The molecule has 1 aliphatic carbocycles. The summed E-state index contributed by atoms with van der Waals surface area (Å²) in [5.74, 6) is -1.50. The first-order chi connectivity index (χ1) is 15.8. The van der Waals surface area contributed by atoms with Crippen molar-refractivity contribution in [2.45, 2.75) is 92.9 Å². The van der Waals surface area contributed by atoms with Crippen molar-refractivity contribution in [3.63, 3.8) is 0 Å². The molecule has 0 aromatic heterocycles. The molecular weight excluding hydrogens is 432 g/mol. The van der Waals surface area contributed by atoms with E-state index in [0.29, 0.717) is 24.0 Å². The maximum atomic E-state index is 13.6. The fourth-order valence-corrected chi connectivity index (χ4v) is 5.41. The number of carbonyl (C=O) groups is 3. The topological polar surface area (TPSA) is 101 Å². The van der Waals surface area contributed by atoms with E-state index >= 15 is 0 Å². The third kappa shape index (κ3) is 4.16. The molecule has 6 heteroatoms. The van der Waals surface area contributed by atoms with Gasteiger partial charge in [-0.2, -0.15) is 0 Å². The Bertz CT molecular complexity index is 1060. The zero-order valence-electron chi connectivity index (χ0n) is 21.5. The van der Waals surface area contributed by atoms with Crippen LogP contribution in [0, 0.1) is 16.7 Å². The first-order valence-corrected chi connectivity index (χ1v) is 12.4. The molecule has 2 N–H and O–H groups in total. The number of carbonyl (C=O) groups excluding carboxylic acids is 3. The van der Waals surface area contributed by atoms with Gasteiger partial charge in [0.05, 0.1) is 10.8 Å². The molecule has 6 nitrogen and oxygen atoms in total. The Morgan fingerprint density at radius 2 is 1.68 bits per heavy atom. The van der Waals surface area contributed by atoms with Gasteiger partial charge in [-0.1, -0.05) is 40.0 Å². The Kier molecular flexibility index (Phi) is 7.03. The molecular formula is C28H38O6. The molecule has 0 fully saturated rings. The Hall–Kier alpha value is -2.63. The van der Waals surface area contributed by atoms with Crippen molar-refractivity contribution in [3.05, 3.63) is 28.5 Å². The average molecular weight is 471 g/mol. The van der Waals surface area contributed by atoms with E-state index in [2.05, 4.69) is 6.92 Å². The number of hydrogen-bond acceptors (Lipinski definition) is 6. The highest BCUT2D eigenvalue weighted by Gasteiger charge is 2.57. The van der Waals surface area contributed by atoms with E-state index in [9.17, 15) is 24.6 Å². The summed E-state index contributed by atoms with van der Waals surface area (Å²) < 4.78 is 6.24. The molecule has 1 aromatic rings. The number of Topliss-reactive ketones (excluding diaryl/α,β-unsaturated/α-hetero) is 3. The summed E-state index contributed by atoms with van der Waals surface area (Å²) in [7, 11) is 0. The van der Waals surface area contributed by atoms with Gasteiger partial charge in [0.1, 0.15) is 28.6 Å². The van der Waals surface area contributed by atoms with Crippen LogP contribution in [0.1, 0.15) is 109 Å². The fraction of sp³-hybridized carbons (Fsp3) is 0.607. The largest absolute Gasteiger partial charge is 0.507 e. The molecule has 0 bridgehead atoms. The number of fused-ring (bicyclic) bond motifs is 1. The summed E-state index contributed by atoms with van der Waals surface area (Å²) >= 11 is 0. The van der Waals surface area contributed by atoms with Gasteiger partial charge in [-0.05, 0) is 46.5 Å². The van der Waals surface area contributed by atoms with Crippen molar-refractivity contribution in [1.82, 2.24) is 0 Å². The summed E-state index contributed by atoms with van der Waals surface area (Å²) in [6.45, 7) is 12.8. The Morgan fingerprint density at radius 1 is 1.03 bits per heavy atom. The van der Waals surface area contributed by atoms with Crippen molar-refractivity contribution >= 4 is 17.3 Å². The lowest BCUT2D eigenvalue weighted by Crippen LogP contribution is -2.51. The number of unbranched alkanes of at least 4 members (excludes halogenated alkanes) is 3. The van der Waals surface area contributed by atoms with Gasteiger partial charge < -0.3 is 14.9 Å². The number of phenolic OH excluding ortho intramolecular Hbond substituents is 2. The molecule has 1 aliphatic heterocycles. The van der Waals surface area contributed by atoms with E-state index in [1.807, 2.05) is 13.8 Å². The second kappa shape index (κ2) is 9.20. The Balaban J connectivity index is 2.24. The molecule has 0 saturated heterocycles. The zero-order chi connectivity index (χ0) is 25.6. The fourth-order valence-electron chi connectivity index (χ4n) is 5.41. The van der Waals surface area contributed by atoms with Crippen LogP contribution in [0.2, 0.25) is 0 Å². The predicted molar refractivity (Wildman–Crippen MR) is 130 cm³/mol. The number of rotatable bonds is 8. The van der Waals surface area contributed by atoms with Crippen molar-refractivity contribution in [1.29, 1.82) is 0 Å². The molecule has 1 unspecified atom stereocenters. The van der Waals surface area contributed by atoms with Crippen LogP contribution in [0.5, 0.6) is 17.2 Å². The molecule has 0 spiro atoms. The van der Waals surface area contributed by atoms with Gasteiger partial charge >= 0.3 is 0 Å². The number of allylic oxidation sites excluding steroid dienone is 2. The number of aromatic hydroxyl groups is 2. The summed E-state index contributed by atoms with van der Waals surface area (Å²) in [4.78, 5) is 40.2. The van der Waals surface area contributed by atoms with Crippen LogP contribution in [-0.2, 0) is 9.59 Å². The van der Waals surface area contributed by atoms with E-state index in [1.165, 1.54) is 6.07 Å². The van der Waals surface area contributed by atoms with Crippen LogP contribution in [0.15, 0.2) is 17.4 Å². The van der Waals surface area contributed by atoms with Crippen LogP contribution >= 0.6 is 0 Å². The summed E-state index contributed by atoms with van der Waals surface area (Å²) in [5, 5.41) is 21.6. The molecule has 2 aliphatic rings. The van der Waals surface area contributed by atoms with Gasteiger partial charge in [-0.25, -0.2) is 0 Å². The van der Waals surface area contributed by atoms with E-state index in [-0.39, 0.29) is 58.3 Å². The normalized spacial score (nSPS) is 20.8. The van der Waals surface area contributed by atoms with Gasteiger partial charge in [0.15, 0.2) is 17.3 Å². The SMILES string of the molecule is CCCCCCC(=O)c1c(O)cc(O)c2c1OC1=C(C(=O)C(C)(C)C(=O)C1(C)C)C2CC(C)C. The second-order valence-electron chi connectivity index (χ2n) is 11.2. The van der Waals surface area contributed by atoms with Crippen LogP contribution in [0.4, 0.5) is 0 Å². The minimum Gasteiger partial charge on any atom is -0.507 e. The third-order valence-corrected chi connectivity index (χ3v) is 7.18. The Labute approximate surface area is 202 Å². The van der Waals surface area contributed by atoms with Crippen LogP contribution in [0.25, 0.3) is 0 Å². The standard InChI is InChI=1S/C28H38O6/c1-8-9-10-11-12-17(29)22-19(31)14-18(30)20-16(13-15(2)3)21-24(32)27(4,5)26(33)28(6,7)25(21)34-23(20)22/h14-16,30-31H,8-13H2,1-7H3. The lowest BCUT2D eigenvalue weighted by Gasteiger charge is -2.45. The number of hydrogen-bond donors (Lipinski definition) is 2. The second-order valence-corrected chi connectivity index (χ2v) is 11.2. The van der Waals surface area contributed by atoms with Gasteiger partial charge in [-0.3, -0.25) is 14.4 Å². The van der Waals surface area contributed by atoms with Crippen molar-refractivity contribution in [2.24, 2.45) is 16.7 Å². The van der Waals surface area contributed by atoms with E-state index < -0.39 is 16.7 Å². The van der Waals surface area contributed by atoms with E-state index in [4.69, 9.17) is 4.74 Å². The van der Waals surface area contributed by atoms with Crippen LogP contribution in [0.3, 0.4) is 0 Å². The van der Waals surface area contributed by atoms with Crippen LogP contribution in [-0.4, -0.2) is 27.6 Å². The summed E-state index contributed by atoms with van der Waals surface area (Å²) in [6, 6.07) is 1.18. The van der Waals surface area contributed by atoms with Crippen molar-refractivity contribution in [3.8, 4) is 17.2 Å². The highest BCUT2D eigenvalue weighted by Crippen LogP contribution is 2.57. The third-order valence-electron chi connectivity index (χ3n) is 7.18.